The maximum Gasteiger partial charge on any atom is 0.276 e. The molecule has 0 spiro atoms. The summed E-state index contributed by atoms with van der Waals surface area (Å²) >= 11 is 0. The van der Waals surface area contributed by atoms with Crippen molar-refractivity contribution in [3.05, 3.63) is 46.0 Å². The van der Waals surface area contributed by atoms with Crippen LogP contribution in [0.3, 0.4) is 0 Å². The number of nitrogens with two attached hydrogens (primary N) is 1. The Morgan fingerprint density at radius 3 is 2.67 bits per heavy atom. The first kappa shape index (κ1) is 13.4. The van der Waals surface area contributed by atoms with E-state index in [4.69, 9.17) is 5.73 Å². The third kappa shape index (κ3) is 4.05. The molecule has 0 aromatic heterocycles. The van der Waals surface area contributed by atoms with E-state index in [1.807, 2.05) is 0 Å². The van der Waals surface area contributed by atoms with E-state index in [2.05, 4.69) is 5.32 Å². The van der Waals surface area contributed by atoms with Gasteiger partial charge in [-0.1, -0.05) is 12.1 Å². The van der Waals surface area contributed by atoms with Crippen LogP contribution in [0.5, 0.6) is 0 Å². The van der Waals surface area contributed by atoms with E-state index in [-0.39, 0.29) is 12.2 Å². The van der Waals surface area contributed by atoms with Crippen LogP contribution in [0.25, 0.3) is 6.08 Å². The van der Waals surface area contributed by atoms with E-state index in [1.54, 1.807) is 6.07 Å². The topological polar surface area (TPSA) is 115 Å². The fourth-order valence-electron chi connectivity index (χ4n) is 1.19. The second-order valence-corrected chi connectivity index (χ2v) is 3.33. The SMILES string of the molecule is NC(=O)CNC(=O)C=Cc1ccccc1[N+](=O)[O-]. The second kappa shape index (κ2) is 6.14. The van der Waals surface area contributed by atoms with Gasteiger partial charge in [-0.3, -0.25) is 19.7 Å². The van der Waals surface area contributed by atoms with Crippen LogP contribution in [-0.4, -0.2) is 23.3 Å². The Hall–Kier alpha value is -2.70. The maximum atomic E-state index is 11.2. The molecular formula is C11H11N3O4. The Balaban J connectivity index is 2.75. The summed E-state index contributed by atoms with van der Waals surface area (Å²) in [6.45, 7) is -0.278. The fourth-order valence-corrected chi connectivity index (χ4v) is 1.19. The van der Waals surface area contributed by atoms with Crippen molar-refractivity contribution in [1.82, 2.24) is 5.32 Å². The van der Waals surface area contributed by atoms with E-state index >= 15 is 0 Å². The van der Waals surface area contributed by atoms with Gasteiger partial charge < -0.3 is 11.1 Å². The van der Waals surface area contributed by atoms with Crippen LogP contribution < -0.4 is 11.1 Å². The monoisotopic (exact) mass is 249 g/mol. The van der Waals surface area contributed by atoms with Crippen LogP contribution in [0.15, 0.2) is 30.3 Å². The van der Waals surface area contributed by atoms with Crippen LogP contribution >= 0.6 is 0 Å². The van der Waals surface area contributed by atoms with Gasteiger partial charge in [0, 0.05) is 12.1 Å². The number of nitro benzene ring substituents is 1. The number of primary amides is 1. The summed E-state index contributed by atoms with van der Waals surface area (Å²) in [7, 11) is 0. The lowest BCUT2D eigenvalue weighted by Crippen LogP contribution is -2.32. The average molecular weight is 249 g/mol. The number of hydrogen-bond acceptors (Lipinski definition) is 4. The molecule has 0 aliphatic carbocycles. The Bertz CT molecular complexity index is 511. The zero-order valence-corrected chi connectivity index (χ0v) is 9.33. The summed E-state index contributed by atoms with van der Waals surface area (Å²) in [6.07, 6.45) is 2.40. The van der Waals surface area contributed by atoms with E-state index in [0.717, 1.165) is 6.08 Å². The van der Waals surface area contributed by atoms with Crippen molar-refractivity contribution in [2.75, 3.05) is 6.54 Å². The zero-order chi connectivity index (χ0) is 13.5. The number of nitro groups is 1. The molecule has 3 N–H and O–H groups in total. The molecular weight excluding hydrogens is 238 g/mol. The number of para-hydroxylation sites is 1. The molecule has 7 nitrogen and oxygen atoms in total. The lowest BCUT2D eigenvalue weighted by Gasteiger charge is -1.98. The number of carbonyl (C=O) groups excluding carboxylic acids is 2. The van der Waals surface area contributed by atoms with Gasteiger partial charge in [0.2, 0.25) is 11.8 Å². The van der Waals surface area contributed by atoms with Gasteiger partial charge in [0.25, 0.3) is 5.69 Å². The summed E-state index contributed by atoms with van der Waals surface area (Å²) in [5, 5.41) is 12.9. The predicted octanol–water partition coefficient (Wildman–Crippen LogP) is 0.209. The summed E-state index contributed by atoms with van der Waals surface area (Å²) in [5.74, 6) is -1.21. The molecule has 0 heterocycles. The average Bonchev–Trinajstić information content (AvgIpc) is 2.34. The summed E-state index contributed by atoms with van der Waals surface area (Å²) in [5.41, 5.74) is 5.05. The Morgan fingerprint density at radius 2 is 2.06 bits per heavy atom. The normalized spacial score (nSPS) is 10.2. The smallest absolute Gasteiger partial charge is 0.276 e. The minimum Gasteiger partial charge on any atom is -0.368 e. The molecule has 0 unspecified atom stereocenters. The Kier molecular flexibility index (Phi) is 4.56. The molecule has 1 aromatic carbocycles. The first-order chi connectivity index (χ1) is 8.50. The molecule has 2 amide bonds. The van der Waals surface area contributed by atoms with Crippen molar-refractivity contribution in [2.24, 2.45) is 5.73 Å². The molecule has 0 fully saturated rings. The third-order valence-corrected chi connectivity index (χ3v) is 1.98. The standard InChI is InChI=1S/C11H11N3O4/c12-10(15)7-13-11(16)6-5-8-3-1-2-4-9(8)14(17)18/h1-6H,7H2,(H2,12,15)(H,13,16). The largest absolute Gasteiger partial charge is 0.368 e. The first-order valence-electron chi connectivity index (χ1n) is 4.98. The molecule has 0 saturated heterocycles. The fraction of sp³-hybridized carbons (Fsp3) is 0.0909. The summed E-state index contributed by atoms with van der Waals surface area (Å²) in [6, 6.07) is 5.99. The number of benzene rings is 1. The quantitative estimate of drug-likeness (QED) is 0.440. The van der Waals surface area contributed by atoms with Crippen molar-refractivity contribution >= 4 is 23.6 Å². The first-order valence-corrected chi connectivity index (χ1v) is 4.98. The van der Waals surface area contributed by atoms with Gasteiger partial charge in [0.1, 0.15) is 0 Å². The number of carbonyl (C=O) groups is 2. The minimum atomic E-state index is -0.664. The van der Waals surface area contributed by atoms with E-state index in [0.29, 0.717) is 5.56 Å². The molecule has 7 heteroatoms. The second-order valence-electron chi connectivity index (χ2n) is 3.33. The van der Waals surface area contributed by atoms with Crippen LogP contribution in [0.4, 0.5) is 5.69 Å². The molecule has 0 saturated carbocycles. The van der Waals surface area contributed by atoms with Crippen molar-refractivity contribution in [2.45, 2.75) is 0 Å². The molecule has 18 heavy (non-hydrogen) atoms. The molecule has 1 aromatic rings. The molecule has 1 rings (SSSR count). The summed E-state index contributed by atoms with van der Waals surface area (Å²) in [4.78, 5) is 31.8. The number of rotatable bonds is 5. The minimum absolute atomic E-state index is 0.101. The van der Waals surface area contributed by atoms with Crippen molar-refractivity contribution in [3.63, 3.8) is 0 Å². The molecule has 0 aliphatic heterocycles. The van der Waals surface area contributed by atoms with Crippen molar-refractivity contribution in [3.8, 4) is 0 Å². The summed E-state index contributed by atoms with van der Waals surface area (Å²) < 4.78 is 0. The number of nitrogens with one attached hydrogen (secondary N) is 1. The van der Waals surface area contributed by atoms with Crippen LogP contribution in [0.1, 0.15) is 5.56 Å². The van der Waals surface area contributed by atoms with Gasteiger partial charge in [-0.2, -0.15) is 0 Å². The number of amides is 2. The van der Waals surface area contributed by atoms with Gasteiger partial charge in [-0.05, 0) is 12.1 Å². The maximum absolute atomic E-state index is 11.2. The van der Waals surface area contributed by atoms with Crippen LogP contribution in [0.2, 0.25) is 0 Å². The Labute approximate surface area is 102 Å². The number of nitrogens with zero attached hydrogens (tertiary/aromatic N) is 1. The highest BCUT2D eigenvalue weighted by molar-refractivity contribution is 5.94. The van der Waals surface area contributed by atoms with Gasteiger partial charge in [-0.25, -0.2) is 0 Å². The van der Waals surface area contributed by atoms with E-state index in [9.17, 15) is 19.7 Å². The lowest BCUT2D eigenvalue weighted by molar-refractivity contribution is -0.385. The van der Waals surface area contributed by atoms with Crippen LogP contribution in [0, 0.1) is 10.1 Å². The highest BCUT2D eigenvalue weighted by atomic mass is 16.6. The van der Waals surface area contributed by atoms with E-state index in [1.165, 1.54) is 24.3 Å². The van der Waals surface area contributed by atoms with Gasteiger partial charge in [0.05, 0.1) is 17.0 Å². The highest BCUT2D eigenvalue weighted by Crippen LogP contribution is 2.18. The lowest BCUT2D eigenvalue weighted by atomic mass is 10.1. The highest BCUT2D eigenvalue weighted by Gasteiger charge is 2.09. The molecule has 0 bridgehead atoms. The van der Waals surface area contributed by atoms with Crippen molar-refractivity contribution < 1.29 is 14.5 Å². The van der Waals surface area contributed by atoms with Gasteiger partial charge in [-0.15, -0.1) is 0 Å². The molecule has 0 radical (unpaired) electrons. The Morgan fingerprint density at radius 1 is 1.39 bits per heavy atom. The van der Waals surface area contributed by atoms with Crippen molar-refractivity contribution in [1.29, 1.82) is 0 Å². The molecule has 0 atom stereocenters. The van der Waals surface area contributed by atoms with E-state index < -0.39 is 16.7 Å². The van der Waals surface area contributed by atoms with Gasteiger partial charge >= 0.3 is 0 Å². The molecule has 94 valence electrons. The zero-order valence-electron chi connectivity index (χ0n) is 9.33. The third-order valence-electron chi connectivity index (χ3n) is 1.98. The molecule has 0 aliphatic rings. The predicted molar refractivity (Wildman–Crippen MR) is 64.3 cm³/mol. The van der Waals surface area contributed by atoms with Crippen LogP contribution in [-0.2, 0) is 9.59 Å². The van der Waals surface area contributed by atoms with Gasteiger partial charge in [0.15, 0.2) is 0 Å². The number of hydrogen-bond donors (Lipinski definition) is 2.